The molecule has 2 N–H and O–H groups in total. The van der Waals surface area contributed by atoms with Gasteiger partial charge in [0.15, 0.2) is 0 Å². The van der Waals surface area contributed by atoms with Crippen LogP contribution in [0.25, 0.3) is 0 Å². The van der Waals surface area contributed by atoms with Gasteiger partial charge in [-0.1, -0.05) is 17.9 Å². The van der Waals surface area contributed by atoms with E-state index < -0.39 is 0 Å². The number of nitrogens with two attached hydrogens (primary N) is 1. The number of hydrogen-bond donors (Lipinski definition) is 1. The summed E-state index contributed by atoms with van der Waals surface area (Å²) in [6.07, 6.45) is 1.19. The first-order chi connectivity index (χ1) is 9.60. The molecule has 0 spiro atoms. The van der Waals surface area contributed by atoms with E-state index >= 15 is 0 Å². The predicted octanol–water partition coefficient (Wildman–Crippen LogP) is 1.27. The minimum Gasteiger partial charge on any atom is -0.320 e. The third-order valence-corrected chi connectivity index (χ3v) is 3.74. The van der Waals surface area contributed by atoms with Crippen LogP contribution < -0.4 is 5.73 Å². The van der Waals surface area contributed by atoms with Crippen LogP contribution in [0.5, 0.6) is 0 Å². The fourth-order valence-electron chi connectivity index (χ4n) is 2.55. The Kier molecular flexibility index (Phi) is 5.13. The van der Waals surface area contributed by atoms with Gasteiger partial charge in [-0.25, -0.2) is 4.39 Å². The summed E-state index contributed by atoms with van der Waals surface area (Å²) in [7, 11) is 4.24. The highest BCUT2D eigenvalue weighted by Crippen LogP contribution is 2.17. The van der Waals surface area contributed by atoms with Gasteiger partial charge in [0, 0.05) is 25.7 Å². The molecule has 3 nitrogen and oxygen atoms in total. The summed E-state index contributed by atoms with van der Waals surface area (Å²) >= 11 is 0. The zero-order valence-electron chi connectivity index (χ0n) is 12.2. The van der Waals surface area contributed by atoms with E-state index in [1.54, 1.807) is 0 Å². The molecule has 0 bridgehead atoms. The molecule has 0 radical (unpaired) electrons. The monoisotopic (exact) mass is 275 g/mol. The van der Waals surface area contributed by atoms with Gasteiger partial charge >= 0.3 is 0 Å². The Morgan fingerprint density at radius 3 is 2.90 bits per heavy atom. The van der Waals surface area contributed by atoms with E-state index in [0.717, 1.165) is 25.2 Å². The highest BCUT2D eigenvalue weighted by Gasteiger charge is 2.23. The van der Waals surface area contributed by atoms with Crippen molar-refractivity contribution in [2.24, 2.45) is 5.73 Å². The van der Waals surface area contributed by atoms with Gasteiger partial charge < -0.3 is 10.6 Å². The summed E-state index contributed by atoms with van der Waals surface area (Å²) < 4.78 is 13.6. The molecule has 1 unspecified atom stereocenters. The second-order valence-corrected chi connectivity index (χ2v) is 5.46. The van der Waals surface area contributed by atoms with Crippen LogP contribution in [0.1, 0.15) is 17.5 Å². The highest BCUT2D eigenvalue weighted by molar-refractivity contribution is 5.38. The van der Waals surface area contributed by atoms with E-state index in [1.165, 1.54) is 12.5 Å². The lowest BCUT2D eigenvalue weighted by atomic mass is 10.1. The Morgan fingerprint density at radius 1 is 1.45 bits per heavy atom. The predicted molar refractivity (Wildman–Crippen MR) is 79.7 cm³/mol. The van der Waals surface area contributed by atoms with Gasteiger partial charge in [0.25, 0.3) is 0 Å². The van der Waals surface area contributed by atoms with Gasteiger partial charge in [0.05, 0.1) is 12.1 Å². The molecule has 1 saturated heterocycles. The molecular formula is C16H22FN3. The maximum Gasteiger partial charge on any atom is 0.138 e. The van der Waals surface area contributed by atoms with Crippen molar-refractivity contribution < 1.29 is 4.39 Å². The maximum absolute atomic E-state index is 13.6. The van der Waals surface area contributed by atoms with E-state index in [4.69, 9.17) is 5.73 Å². The molecule has 0 aliphatic carbocycles. The van der Waals surface area contributed by atoms with Gasteiger partial charge in [-0.3, -0.25) is 4.90 Å². The molecule has 1 aromatic rings. The zero-order valence-corrected chi connectivity index (χ0v) is 12.2. The Bertz CT molecular complexity index is 516. The Hall–Kier alpha value is -1.41. The lowest BCUT2D eigenvalue weighted by Gasteiger charge is -2.20. The largest absolute Gasteiger partial charge is 0.320 e. The molecule has 108 valence electrons. The molecule has 1 aliphatic heterocycles. The van der Waals surface area contributed by atoms with Gasteiger partial charge in [-0.15, -0.1) is 0 Å². The van der Waals surface area contributed by atoms with Gasteiger partial charge in [0.1, 0.15) is 5.82 Å². The molecule has 1 heterocycles. The second kappa shape index (κ2) is 6.85. The average molecular weight is 275 g/mol. The normalized spacial score (nSPS) is 19.1. The van der Waals surface area contributed by atoms with Crippen molar-refractivity contribution >= 4 is 0 Å². The van der Waals surface area contributed by atoms with Crippen LogP contribution in [0.4, 0.5) is 4.39 Å². The van der Waals surface area contributed by atoms with E-state index in [2.05, 4.69) is 35.7 Å². The first-order valence-electron chi connectivity index (χ1n) is 6.96. The van der Waals surface area contributed by atoms with E-state index in [-0.39, 0.29) is 12.4 Å². The minimum atomic E-state index is -0.276. The summed E-state index contributed by atoms with van der Waals surface area (Å²) in [5, 5.41) is 0. The standard InChI is InChI=1S/C16H22FN3/c1-19(2)15-7-9-20(12-15)11-13-5-6-16(17)14(10-13)4-3-8-18/h5-6,10,15H,7-9,11-12,18H2,1-2H3. The second-order valence-electron chi connectivity index (χ2n) is 5.46. The number of halogens is 1. The molecule has 1 aromatic carbocycles. The van der Waals surface area contributed by atoms with Crippen molar-refractivity contribution in [3.8, 4) is 11.8 Å². The Labute approximate surface area is 120 Å². The van der Waals surface area contributed by atoms with E-state index in [9.17, 15) is 4.39 Å². The lowest BCUT2D eigenvalue weighted by molar-refractivity contribution is 0.264. The summed E-state index contributed by atoms with van der Waals surface area (Å²) in [5.41, 5.74) is 6.88. The van der Waals surface area contributed by atoms with Crippen molar-refractivity contribution in [1.29, 1.82) is 0 Å². The van der Waals surface area contributed by atoms with Crippen LogP contribution in [0, 0.1) is 17.7 Å². The van der Waals surface area contributed by atoms with E-state index in [1.807, 2.05) is 12.1 Å². The third-order valence-electron chi connectivity index (χ3n) is 3.74. The first-order valence-corrected chi connectivity index (χ1v) is 6.96. The van der Waals surface area contributed by atoms with Crippen molar-refractivity contribution in [1.82, 2.24) is 9.80 Å². The quantitative estimate of drug-likeness (QED) is 0.843. The number of benzene rings is 1. The van der Waals surface area contributed by atoms with Gasteiger partial charge in [0.2, 0.25) is 0 Å². The molecule has 4 heteroatoms. The molecule has 20 heavy (non-hydrogen) atoms. The van der Waals surface area contributed by atoms with Gasteiger partial charge in [-0.2, -0.15) is 0 Å². The summed E-state index contributed by atoms with van der Waals surface area (Å²) in [5.74, 6) is 5.22. The van der Waals surface area contributed by atoms with Crippen LogP contribution in [0.2, 0.25) is 0 Å². The molecule has 1 aliphatic rings. The summed E-state index contributed by atoms with van der Waals surface area (Å²) in [4.78, 5) is 4.67. The molecule has 0 aromatic heterocycles. The average Bonchev–Trinajstić information content (AvgIpc) is 2.88. The summed E-state index contributed by atoms with van der Waals surface area (Å²) in [6, 6.07) is 5.79. The molecule has 1 atom stereocenters. The minimum absolute atomic E-state index is 0.250. The number of rotatable bonds is 3. The number of hydrogen-bond acceptors (Lipinski definition) is 3. The molecule has 0 amide bonds. The Morgan fingerprint density at radius 2 is 2.25 bits per heavy atom. The van der Waals surface area contributed by atoms with Crippen molar-refractivity contribution in [2.75, 3.05) is 33.7 Å². The van der Waals surface area contributed by atoms with Crippen LogP contribution in [0.15, 0.2) is 18.2 Å². The molecule has 1 fully saturated rings. The highest BCUT2D eigenvalue weighted by atomic mass is 19.1. The molecular weight excluding hydrogens is 253 g/mol. The van der Waals surface area contributed by atoms with Crippen LogP contribution in [-0.4, -0.2) is 49.6 Å². The summed E-state index contributed by atoms with van der Waals surface area (Å²) in [6.45, 7) is 3.25. The fourth-order valence-corrected chi connectivity index (χ4v) is 2.55. The number of likely N-dealkylation sites (tertiary alicyclic amines) is 1. The lowest BCUT2D eigenvalue weighted by Crippen LogP contribution is -2.31. The Balaban J connectivity index is 2.03. The van der Waals surface area contributed by atoms with Crippen molar-refractivity contribution in [2.45, 2.75) is 19.0 Å². The fraction of sp³-hybridized carbons (Fsp3) is 0.500. The van der Waals surface area contributed by atoms with Crippen LogP contribution >= 0.6 is 0 Å². The molecule has 0 saturated carbocycles. The van der Waals surface area contributed by atoms with Crippen LogP contribution in [-0.2, 0) is 6.54 Å². The zero-order chi connectivity index (χ0) is 14.5. The first kappa shape index (κ1) is 15.0. The SMILES string of the molecule is CN(C)C1CCN(Cc2ccc(F)c(C#CCN)c2)C1. The maximum atomic E-state index is 13.6. The molecule has 2 rings (SSSR count). The number of nitrogens with zero attached hydrogens (tertiary/aromatic N) is 2. The van der Waals surface area contributed by atoms with Crippen molar-refractivity contribution in [3.05, 3.63) is 35.1 Å². The number of likely N-dealkylation sites (N-methyl/N-ethyl adjacent to an activating group) is 1. The topological polar surface area (TPSA) is 32.5 Å². The third kappa shape index (κ3) is 3.80. The smallest absolute Gasteiger partial charge is 0.138 e. The van der Waals surface area contributed by atoms with Gasteiger partial charge in [-0.05, 0) is 38.2 Å². The van der Waals surface area contributed by atoms with Crippen molar-refractivity contribution in [3.63, 3.8) is 0 Å². The van der Waals surface area contributed by atoms with Crippen LogP contribution in [0.3, 0.4) is 0 Å². The van der Waals surface area contributed by atoms with E-state index in [0.29, 0.717) is 11.6 Å².